The van der Waals surface area contributed by atoms with Gasteiger partial charge in [-0.25, -0.2) is 4.98 Å². The number of pyridine rings is 1. The Hall–Kier alpha value is -1.39. The molecule has 68 valence electrons. The number of hydrogen-bond donors (Lipinski definition) is 2. The molecular weight excluding hydrogens is 166 g/mol. The summed E-state index contributed by atoms with van der Waals surface area (Å²) in [5.74, 6) is 0. The molecular formula is C9H11N3O. The highest BCUT2D eigenvalue weighted by Crippen LogP contribution is 2.10. The average Bonchev–Trinajstić information content (AvgIpc) is 2.63. The fourth-order valence-electron chi connectivity index (χ4n) is 1.26. The highest BCUT2D eigenvalue weighted by Gasteiger charge is 2.04. The van der Waals surface area contributed by atoms with Crippen LogP contribution in [0.1, 0.15) is 11.6 Å². The predicted octanol–water partition coefficient (Wildman–Crippen LogP) is 0.326. The Balaban J connectivity index is 2.48. The number of fused-ring (bicyclic) bond motifs is 1. The van der Waals surface area contributed by atoms with Gasteiger partial charge in [0.25, 0.3) is 0 Å². The predicted molar refractivity (Wildman–Crippen MR) is 49.2 cm³/mol. The normalized spacial score (nSPS) is 13.4. The molecule has 0 unspecified atom stereocenters. The summed E-state index contributed by atoms with van der Waals surface area (Å²) in [5, 5.41) is 8.86. The van der Waals surface area contributed by atoms with Gasteiger partial charge in [0.1, 0.15) is 5.65 Å². The highest BCUT2D eigenvalue weighted by atomic mass is 16.3. The van der Waals surface area contributed by atoms with Crippen LogP contribution in [0.15, 0.2) is 30.7 Å². The number of nitrogens with zero attached hydrogens (tertiary/aromatic N) is 2. The summed E-state index contributed by atoms with van der Waals surface area (Å²) in [5.41, 5.74) is 7.46. The number of aromatic nitrogens is 2. The minimum absolute atomic E-state index is 0.0415. The van der Waals surface area contributed by atoms with E-state index in [-0.39, 0.29) is 12.6 Å². The Bertz CT molecular complexity index is 410. The summed E-state index contributed by atoms with van der Waals surface area (Å²) in [6.45, 7) is -0.0415. The van der Waals surface area contributed by atoms with Gasteiger partial charge < -0.3 is 15.2 Å². The molecule has 13 heavy (non-hydrogen) atoms. The van der Waals surface area contributed by atoms with Crippen molar-refractivity contribution in [3.05, 3.63) is 36.3 Å². The zero-order valence-electron chi connectivity index (χ0n) is 7.09. The second-order valence-corrected chi connectivity index (χ2v) is 2.94. The third-order valence-electron chi connectivity index (χ3n) is 2.04. The van der Waals surface area contributed by atoms with Crippen molar-refractivity contribution in [1.82, 2.24) is 9.38 Å². The van der Waals surface area contributed by atoms with Crippen LogP contribution in [0, 0.1) is 0 Å². The van der Waals surface area contributed by atoms with Crippen LogP contribution >= 0.6 is 0 Å². The van der Waals surface area contributed by atoms with E-state index in [9.17, 15) is 0 Å². The van der Waals surface area contributed by atoms with Crippen molar-refractivity contribution in [3.8, 4) is 0 Å². The van der Waals surface area contributed by atoms with Crippen LogP contribution in [0.25, 0.3) is 5.65 Å². The lowest BCUT2D eigenvalue weighted by atomic mass is 10.1. The van der Waals surface area contributed by atoms with Crippen LogP contribution in [0.3, 0.4) is 0 Å². The molecule has 0 aliphatic rings. The Labute approximate surface area is 75.6 Å². The lowest BCUT2D eigenvalue weighted by Crippen LogP contribution is -2.14. The van der Waals surface area contributed by atoms with E-state index in [0.717, 1.165) is 11.2 Å². The number of aliphatic hydroxyl groups excluding tert-OH is 1. The molecule has 0 amide bonds. The number of rotatable bonds is 2. The van der Waals surface area contributed by atoms with E-state index in [0.29, 0.717) is 0 Å². The SMILES string of the molecule is N[C@@H](CO)c1ccc2nccn2c1. The van der Waals surface area contributed by atoms with Gasteiger partial charge in [-0.05, 0) is 11.6 Å². The standard InChI is InChI=1S/C9H11N3O/c10-8(6-13)7-1-2-9-11-3-4-12(9)5-7/h1-5,8,13H,6,10H2/t8-/m0/s1. The van der Waals surface area contributed by atoms with Gasteiger partial charge in [-0.15, -0.1) is 0 Å². The highest BCUT2D eigenvalue weighted by molar-refractivity contribution is 5.39. The molecule has 1 atom stereocenters. The molecule has 0 fully saturated rings. The smallest absolute Gasteiger partial charge is 0.136 e. The van der Waals surface area contributed by atoms with Crippen LogP contribution in [-0.4, -0.2) is 21.1 Å². The molecule has 0 aliphatic carbocycles. The van der Waals surface area contributed by atoms with Gasteiger partial charge in [-0.1, -0.05) is 6.07 Å². The van der Waals surface area contributed by atoms with Crippen LogP contribution in [0.4, 0.5) is 0 Å². The average molecular weight is 177 g/mol. The van der Waals surface area contributed by atoms with Crippen molar-refractivity contribution in [2.24, 2.45) is 5.73 Å². The fourth-order valence-corrected chi connectivity index (χ4v) is 1.26. The maximum atomic E-state index is 8.86. The molecule has 0 saturated heterocycles. The number of hydrogen-bond acceptors (Lipinski definition) is 3. The first-order valence-corrected chi connectivity index (χ1v) is 4.10. The zero-order valence-corrected chi connectivity index (χ0v) is 7.09. The molecule has 2 rings (SSSR count). The summed E-state index contributed by atoms with van der Waals surface area (Å²) in [6.07, 6.45) is 5.45. The van der Waals surface area contributed by atoms with Crippen molar-refractivity contribution in [1.29, 1.82) is 0 Å². The Morgan fingerprint density at radius 2 is 2.38 bits per heavy atom. The van der Waals surface area contributed by atoms with E-state index < -0.39 is 0 Å². The van der Waals surface area contributed by atoms with Gasteiger partial charge in [-0.2, -0.15) is 0 Å². The molecule has 4 heteroatoms. The Morgan fingerprint density at radius 3 is 3.15 bits per heavy atom. The van der Waals surface area contributed by atoms with E-state index in [2.05, 4.69) is 4.98 Å². The summed E-state index contributed by atoms with van der Waals surface area (Å²) in [4.78, 5) is 4.10. The van der Waals surface area contributed by atoms with Gasteiger partial charge in [0, 0.05) is 18.6 Å². The third kappa shape index (κ3) is 1.41. The molecule has 0 spiro atoms. The van der Waals surface area contributed by atoms with Crippen molar-refractivity contribution < 1.29 is 5.11 Å². The van der Waals surface area contributed by atoms with E-state index in [1.54, 1.807) is 6.20 Å². The lowest BCUT2D eigenvalue weighted by molar-refractivity contribution is 0.268. The Kier molecular flexibility index (Phi) is 2.00. The van der Waals surface area contributed by atoms with Crippen molar-refractivity contribution in [2.75, 3.05) is 6.61 Å². The number of imidazole rings is 1. The van der Waals surface area contributed by atoms with Crippen molar-refractivity contribution in [2.45, 2.75) is 6.04 Å². The van der Waals surface area contributed by atoms with Gasteiger partial charge >= 0.3 is 0 Å². The van der Waals surface area contributed by atoms with Crippen molar-refractivity contribution in [3.63, 3.8) is 0 Å². The number of nitrogens with two attached hydrogens (primary N) is 1. The van der Waals surface area contributed by atoms with Gasteiger partial charge in [0.05, 0.1) is 12.6 Å². The zero-order chi connectivity index (χ0) is 9.26. The number of aliphatic hydroxyl groups is 1. The van der Waals surface area contributed by atoms with Gasteiger partial charge in [0.2, 0.25) is 0 Å². The molecule has 0 aliphatic heterocycles. The maximum absolute atomic E-state index is 8.86. The largest absolute Gasteiger partial charge is 0.394 e. The topological polar surface area (TPSA) is 63.5 Å². The van der Waals surface area contributed by atoms with E-state index in [1.165, 1.54) is 0 Å². The van der Waals surface area contributed by atoms with E-state index >= 15 is 0 Å². The monoisotopic (exact) mass is 177 g/mol. The Morgan fingerprint density at radius 1 is 1.54 bits per heavy atom. The molecule has 0 radical (unpaired) electrons. The summed E-state index contributed by atoms with van der Waals surface area (Å²) >= 11 is 0. The molecule has 2 aromatic rings. The molecule has 0 aromatic carbocycles. The molecule has 0 bridgehead atoms. The summed E-state index contributed by atoms with van der Waals surface area (Å²) in [6, 6.07) is 3.44. The molecule has 2 heterocycles. The lowest BCUT2D eigenvalue weighted by Gasteiger charge is -2.08. The van der Waals surface area contributed by atoms with Crippen LogP contribution in [0.2, 0.25) is 0 Å². The van der Waals surface area contributed by atoms with Crippen molar-refractivity contribution >= 4 is 5.65 Å². The van der Waals surface area contributed by atoms with Crippen LogP contribution < -0.4 is 5.73 Å². The third-order valence-corrected chi connectivity index (χ3v) is 2.04. The minimum Gasteiger partial charge on any atom is -0.394 e. The van der Waals surface area contributed by atoms with E-state index in [1.807, 2.05) is 28.9 Å². The summed E-state index contributed by atoms with van der Waals surface area (Å²) in [7, 11) is 0. The molecule has 4 nitrogen and oxygen atoms in total. The molecule has 2 aromatic heterocycles. The quantitative estimate of drug-likeness (QED) is 0.694. The van der Waals surface area contributed by atoms with Crippen LogP contribution in [-0.2, 0) is 0 Å². The fraction of sp³-hybridized carbons (Fsp3) is 0.222. The molecule has 0 saturated carbocycles. The van der Waals surface area contributed by atoms with Crippen LogP contribution in [0.5, 0.6) is 0 Å². The molecule has 3 N–H and O–H groups in total. The first-order valence-electron chi connectivity index (χ1n) is 4.10. The first-order chi connectivity index (χ1) is 6.31. The summed E-state index contributed by atoms with van der Waals surface area (Å²) < 4.78 is 1.88. The second kappa shape index (κ2) is 3.16. The van der Waals surface area contributed by atoms with Gasteiger partial charge in [0.15, 0.2) is 0 Å². The second-order valence-electron chi connectivity index (χ2n) is 2.94. The maximum Gasteiger partial charge on any atom is 0.136 e. The van der Waals surface area contributed by atoms with E-state index in [4.69, 9.17) is 10.8 Å². The first kappa shape index (κ1) is 8.22. The van der Waals surface area contributed by atoms with Gasteiger partial charge in [-0.3, -0.25) is 0 Å². The minimum atomic E-state index is -0.313.